The maximum absolute atomic E-state index is 11.9. The average Bonchev–Trinajstić information content (AvgIpc) is 2.59. The van der Waals surface area contributed by atoms with Crippen LogP contribution in [0, 0.1) is 0 Å². The van der Waals surface area contributed by atoms with Gasteiger partial charge < -0.3 is 19.9 Å². The number of hydrogen-bond acceptors (Lipinski definition) is 5. The number of nitrogens with one attached hydrogen (secondary N) is 1. The number of aromatic hydroxyl groups is 1. The van der Waals surface area contributed by atoms with Crippen LogP contribution in [0.3, 0.4) is 0 Å². The zero-order valence-corrected chi connectivity index (χ0v) is 14.5. The molecule has 0 aliphatic rings. The van der Waals surface area contributed by atoms with Crippen LogP contribution in [0.5, 0.6) is 11.5 Å². The van der Waals surface area contributed by atoms with E-state index in [1.807, 2.05) is 6.07 Å². The summed E-state index contributed by atoms with van der Waals surface area (Å²) in [5.41, 5.74) is 0.788. The lowest BCUT2D eigenvalue weighted by Gasteiger charge is -2.15. The van der Waals surface area contributed by atoms with Crippen molar-refractivity contribution in [2.75, 3.05) is 13.7 Å². The zero-order valence-electron chi connectivity index (χ0n) is 13.8. The van der Waals surface area contributed by atoms with Gasteiger partial charge in [-0.1, -0.05) is 23.7 Å². The van der Waals surface area contributed by atoms with Gasteiger partial charge in [-0.25, -0.2) is 4.79 Å². The average molecular weight is 364 g/mol. The molecule has 2 N–H and O–H groups in total. The van der Waals surface area contributed by atoms with Gasteiger partial charge in [-0.15, -0.1) is 0 Å². The topological polar surface area (TPSA) is 84.9 Å². The summed E-state index contributed by atoms with van der Waals surface area (Å²) >= 11 is 5.92. The van der Waals surface area contributed by atoms with Crippen molar-refractivity contribution in [1.82, 2.24) is 5.32 Å². The van der Waals surface area contributed by atoms with Crippen molar-refractivity contribution >= 4 is 23.5 Å². The van der Waals surface area contributed by atoms with Crippen LogP contribution in [0.15, 0.2) is 42.5 Å². The Bertz CT molecular complexity index is 778. The van der Waals surface area contributed by atoms with Gasteiger partial charge in [0, 0.05) is 11.1 Å². The minimum atomic E-state index is -0.800. The first-order valence-electron chi connectivity index (χ1n) is 7.49. The van der Waals surface area contributed by atoms with E-state index >= 15 is 0 Å². The van der Waals surface area contributed by atoms with Crippen molar-refractivity contribution in [3.63, 3.8) is 0 Å². The van der Waals surface area contributed by atoms with Gasteiger partial charge in [0.05, 0.1) is 13.2 Å². The van der Waals surface area contributed by atoms with E-state index < -0.39 is 18.5 Å². The van der Waals surface area contributed by atoms with Crippen LogP contribution in [-0.4, -0.2) is 30.7 Å². The van der Waals surface area contributed by atoms with E-state index in [4.69, 9.17) is 21.1 Å². The number of methoxy groups -OCH3 is 1. The van der Waals surface area contributed by atoms with Gasteiger partial charge in [-0.2, -0.15) is 0 Å². The first kappa shape index (κ1) is 18.6. The minimum absolute atomic E-state index is 0.0449. The van der Waals surface area contributed by atoms with Gasteiger partial charge in [0.1, 0.15) is 17.1 Å². The van der Waals surface area contributed by atoms with Crippen LogP contribution < -0.4 is 10.1 Å². The monoisotopic (exact) mass is 363 g/mol. The number of amides is 1. The normalized spacial score (nSPS) is 11.5. The molecule has 6 nitrogen and oxygen atoms in total. The molecule has 0 aliphatic heterocycles. The van der Waals surface area contributed by atoms with Gasteiger partial charge in [0.2, 0.25) is 0 Å². The summed E-state index contributed by atoms with van der Waals surface area (Å²) in [6, 6.07) is 11.0. The second-order valence-corrected chi connectivity index (χ2v) is 5.74. The Morgan fingerprint density at radius 1 is 1.24 bits per heavy atom. The van der Waals surface area contributed by atoms with E-state index in [0.29, 0.717) is 10.8 Å². The summed E-state index contributed by atoms with van der Waals surface area (Å²) in [7, 11) is 1.44. The summed E-state index contributed by atoms with van der Waals surface area (Å²) < 4.78 is 9.86. The largest absolute Gasteiger partial charge is 0.507 e. The van der Waals surface area contributed by atoms with E-state index in [1.165, 1.54) is 25.3 Å². The Kier molecular flexibility index (Phi) is 6.25. The Balaban J connectivity index is 1.90. The molecule has 1 amide bonds. The summed E-state index contributed by atoms with van der Waals surface area (Å²) in [5.74, 6) is -1.14. The molecule has 0 aliphatic carbocycles. The molecule has 0 saturated heterocycles. The Hall–Kier alpha value is -2.73. The van der Waals surface area contributed by atoms with E-state index in [-0.39, 0.29) is 17.4 Å². The highest BCUT2D eigenvalue weighted by atomic mass is 35.5. The number of phenolic OH excluding ortho intramolecular Hbond substituents is 1. The third-order valence-electron chi connectivity index (χ3n) is 3.49. The molecule has 0 bridgehead atoms. The number of benzene rings is 2. The molecule has 7 heteroatoms. The molecular weight excluding hydrogens is 346 g/mol. The standard InChI is InChI=1S/C18H18ClNO5/c1-11(12-4-3-5-13(19)8-12)20-17(22)10-25-18(23)15-7-6-14(24-2)9-16(15)21/h3-9,11,21H,10H2,1-2H3,(H,20,22)/t11-/m0/s1. The van der Waals surface area contributed by atoms with Gasteiger partial charge in [0.15, 0.2) is 6.61 Å². The molecule has 2 rings (SSSR count). The Labute approximate surface area is 150 Å². The van der Waals surface area contributed by atoms with Crippen LogP contribution in [0.2, 0.25) is 5.02 Å². The molecule has 0 radical (unpaired) electrons. The quantitative estimate of drug-likeness (QED) is 0.770. The van der Waals surface area contributed by atoms with Crippen LogP contribution in [-0.2, 0) is 9.53 Å². The first-order valence-corrected chi connectivity index (χ1v) is 7.87. The van der Waals surface area contributed by atoms with Crippen molar-refractivity contribution in [3.05, 3.63) is 58.6 Å². The van der Waals surface area contributed by atoms with Crippen molar-refractivity contribution in [2.45, 2.75) is 13.0 Å². The predicted octanol–water partition coefficient (Wildman–Crippen LogP) is 3.09. The van der Waals surface area contributed by atoms with Crippen LogP contribution >= 0.6 is 11.6 Å². The summed E-state index contributed by atoms with van der Waals surface area (Å²) in [6.45, 7) is 1.33. The molecule has 1 atom stereocenters. The second-order valence-electron chi connectivity index (χ2n) is 5.30. The lowest BCUT2D eigenvalue weighted by molar-refractivity contribution is -0.124. The smallest absolute Gasteiger partial charge is 0.342 e. The zero-order chi connectivity index (χ0) is 18.4. The van der Waals surface area contributed by atoms with Crippen molar-refractivity contribution < 1.29 is 24.2 Å². The second kappa shape index (κ2) is 8.39. The molecule has 2 aromatic carbocycles. The summed E-state index contributed by atoms with van der Waals surface area (Å²) in [6.07, 6.45) is 0. The number of halogens is 1. The molecule has 132 valence electrons. The van der Waals surface area contributed by atoms with E-state index in [2.05, 4.69) is 5.32 Å². The molecule has 0 saturated carbocycles. The number of hydrogen-bond donors (Lipinski definition) is 2. The maximum atomic E-state index is 11.9. The molecule has 0 spiro atoms. The Morgan fingerprint density at radius 2 is 2.00 bits per heavy atom. The number of carbonyl (C=O) groups excluding carboxylic acids is 2. The summed E-state index contributed by atoms with van der Waals surface area (Å²) in [4.78, 5) is 23.9. The van der Waals surface area contributed by atoms with Gasteiger partial charge >= 0.3 is 5.97 Å². The lowest BCUT2D eigenvalue weighted by atomic mass is 10.1. The number of esters is 1. The molecular formula is C18H18ClNO5. The van der Waals surface area contributed by atoms with Gasteiger partial charge in [-0.3, -0.25) is 4.79 Å². The fourth-order valence-electron chi connectivity index (χ4n) is 2.16. The van der Waals surface area contributed by atoms with Crippen LogP contribution in [0.4, 0.5) is 0 Å². The first-order chi connectivity index (χ1) is 11.9. The molecule has 0 heterocycles. The number of carbonyl (C=O) groups is 2. The third kappa shape index (κ3) is 5.12. The fourth-order valence-corrected chi connectivity index (χ4v) is 2.36. The molecule has 0 fully saturated rings. The predicted molar refractivity (Wildman–Crippen MR) is 93.0 cm³/mol. The van der Waals surface area contributed by atoms with E-state index in [1.54, 1.807) is 25.1 Å². The third-order valence-corrected chi connectivity index (χ3v) is 3.72. The SMILES string of the molecule is COc1ccc(C(=O)OCC(=O)N[C@@H](C)c2cccc(Cl)c2)c(O)c1. The van der Waals surface area contributed by atoms with Crippen LogP contribution in [0.1, 0.15) is 28.9 Å². The van der Waals surface area contributed by atoms with Gasteiger partial charge in [-0.05, 0) is 36.8 Å². The highest BCUT2D eigenvalue weighted by Gasteiger charge is 2.16. The van der Waals surface area contributed by atoms with Crippen LogP contribution in [0.25, 0.3) is 0 Å². The molecule has 2 aromatic rings. The molecule has 0 unspecified atom stereocenters. The summed E-state index contributed by atoms with van der Waals surface area (Å²) in [5, 5.41) is 13.1. The lowest BCUT2D eigenvalue weighted by Crippen LogP contribution is -2.31. The molecule has 25 heavy (non-hydrogen) atoms. The highest BCUT2D eigenvalue weighted by molar-refractivity contribution is 6.30. The number of ether oxygens (including phenoxy) is 2. The minimum Gasteiger partial charge on any atom is -0.507 e. The van der Waals surface area contributed by atoms with Gasteiger partial charge in [0.25, 0.3) is 5.91 Å². The van der Waals surface area contributed by atoms with Crippen molar-refractivity contribution in [2.24, 2.45) is 0 Å². The number of phenols is 1. The van der Waals surface area contributed by atoms with E-state index in [0.717, 1.165) is 5.56 Å². The van der Waals surface area contributed by atoms with E-state index in [9.17, 15) is 14.7 Å². The van der Waals surface area contributed by atoms with Crippen molar-refractivity contribution in [3.8, 4) is 11.5 Å². The number of rotatable bonds is 6. The molecule has 0 aromatic heterocycles. The van der Waals surface area contributed by atoms with Crippen molar-refractivity contribution in [1.29, 1.82) is 0 Å². The fraction of sp³-hybridized carbons (Fsp3) is 0.222. The maximum Gasteiger partial charge on any atom is 0.342 e. The highest BCUT2D eigenvalue weighted by Crippen LogP contribution is 2.24. The Morgan fingerprint density at radius 3 is 2.64 bits per heavy atom.